The SMILES string of the molecule is CCC1CCC(C2CCC(C(=O)OC3=Cc4cc(F)c(F)c(F)c4CC3)CC2)CC1. The molecule has 2 fully saturated rings. The van der Waals surface area contributed by atoms with Gasteiger partial charge in [0, 0.05) is 6.42 Å². The molecule has 2 nitrogen and oxygen atoms in total. The van der Waals surface area contributed by atoms with Gasteiger partial charge in [-0.2, -0.15) is 0 Å². The van der Waals surface area contributed by atoms with Crippen LogP contribution in [0.4, 0.5) is 13.2 Å². The van der Waals surface area contributed by atoms with Crippen LogP contribution in [0.5, 0.6) is 0 Å². The number of carbonyl (C=O) groups is 1. The number of benzene rings is 1. The fourth-order valence-corrected chi connectivity index (χ4v) is 5.71. The summed E-state index contributed by atoms with van der Waals surface area (Å²) < 4.78 is 46.4. The molecule has 2 saturated carbocycles. The summed E-state index contributed by atoms with van der Waals surface area (Å²) in [7, 11) is 0. The van der Waals surface area contributed by atoms with Gasteiger partial charge in [0.1, 0.15) is 5.76 Å². The fraction of sp³-hybridized carbons (Fsp3) is 0.640. The van der Waals surface area contributed by atoms with Crippen molar-refractivity contribution in [1.82, 2.24) is 0 Å². The Morgan fingerprint density at radius 2 is 1.57 bits per heavy atom. The zero-order chi connectivity index (χ0) is 21.3. The summed E-state index contributed by atoms with van der Waals surface area (Å²) in [5, 5.41) is 0. The van der Waals surface area contributed by atoms with Crippen molar-refractivity contribution in [2.75, 3.05) is 0 Å². The first-order valence-corrected chi connectivity index (χ1v) is 11.5. The highest BCUT2D eigenvalue weighted by Gasteiger charge is 2.34. The highest BCUT2D eigenvalue weighted by Crippen LogP contribution is 2.42. The van der Waals surface area contributed by atoms with Crippen molar-refractivity contribution >= 4 is 12.0 Å². The number of allylic oxidation sites excluding steroid dienone is 1. The van der Waals surface area contributed by atoms with Gasteiger partial charge < -0.3 is 4.74 Å². The average molecular weight is 421 g/mol. The molecular formula is C25H31F3O2. The zero-order valence-electron chi connectivity index (χ0n) is 17.7. The Bertz CT molecular complexity index is 816. The smallest absolute Gasteiger partial charge is 0.314 e. The molecule has 0 aromatic heterocycles. The summed E-state index contributed by atoms with van der Waals surface area (Å²) in [6.45, 7) is 2.29. The number of carbonyl (C=O) groups excluding carboxylic acids is 1. The molecule has 30 heavy (non-hydrogen) atoms. The maximum Gasteiger partial charge on any atom is 0.314 e. The lowest BCUT2D eigenvalue weighted by molar-refractivity contribution is -0.146. The molecule has 0 bridgehead atoms. The van der Waals surface area contributed by atoms with E-state index in [2.05, 4.69) is 6.92 Å². The molecule has 0 heterocycles. The molecule has 0 radical (unpaired) electrons. The van der Waals surface area contributed by atoms with Gasteiger partial charge in [-0.05, 0) is 86.0 Å². The summed E-state index contributed by atoms with van der Waals surface area (Å²) in [6.07, 6.45) is 12.5. The molecular weight excluding hydrogens is 389 g/mol. The second-order valence-electron chi connectivity index (χ2n) is 9.39. The van der Waals surface area contributed by atoms with Crippen LogP contribution in [-0.4, -0.2) is 5.97 Å². The predicted octanol–water partition coefficient (Wildman–Crippen LogP) is 6.96. The Kier molecular flexibility index (Phi) is 6.54. The van der Waals surface area contributed by atoms with Gasteiger partial charge in [-0.3, -0.25) is 4.79 Å². The molecule has 1 aromatic rings. The first kappa shape index (κ1) is 21.5. The van der Waals surface area contributed by atoms with Crippen LogP contribution in [0.25, 0.3) is 6.08 Å². The Morgan fingerprint density at radius 1 is 0.933 bits per heavy atom. The molecule has 164 valence electrons. The summed E-state index contributed by atoms with van der Waals surface area (Å²) >= 11 is 0. The highest BCUT2D eigenvalue weighted by molar-refractivity contribution is 5.75. The minimum absolute atomic E-state index is 0.0998. The van der Waals surface area contributed by atoms with E-state index in [1.54, 1.807) is 0 Å². The van der Waals surface area contributed by atoms with Crippen LogP contribution >= 0.6 is 0 Å². The Hall–Kier alpha value is -1.78. The first-order valence-electron chi connectivity index (χ1n) is 11.5. The van der Waals surface area contributed by atoms with Gasteiger partial charge >= 0.3 is 5.97 Å². The Balaban J connectivity index is 1.31. The van der Waals surface area contributed by atoms with Crippen molar-refractivity contribution in [2.24, 2.45) is 23.7 Å². The molecule has 0 amide bonds. The van der Waals surface area contributed by atoms with E-state index in [9.17, 15) is 18.0 Å². The van der Waals surface area contributed by atoms with E-state index < -0.39 is 17.5 Å². The van der Waals surface area contributed by atoms with Crippen LogP contribution in [0.15, 0.2) is 11.8 Å². The van der Waals surface area contributed by atoms with Crippen molar-refractivity contribution in [2.45, 2.75) is 77.6 Å². The fourth-order valence-electron chi connectivity index (χ4n) is 5.71. The van der Waals surface area contributed by atoms with E-state index in [1.165, 1.54) is 38.2 Å². The van der Waals surface area contributed by atoms with E-state index in [0.717, 1.165) is 49.5 Å². The molecule has 0 atom stereocenters. The average Bonchev–Trinajstić information content (AvgIpc) is 2.77. The van der Waals surface area contributed by atoms with Crippen molar-refractivity contribution in [3.05, 3.63) is 40.4 Å². The van der Waals surface area contributed by atoms with Crippen molar-refractivity contribution in [1.29, 1.82) is 0 Å². The molecule has 0 spiro atoms. The number of halogens is 3. The third-order valence-corrected chi connectivity index (χ3v) is 7.71. The molecule has 0 saturated heterocycles. The van der Waals surface area contributed by atoms with E-state index in [-0.39, 0.29) is 29.4 Å². The molecule has 1 aromatic carbocycles. The van der Waals surface area contributed by atoms with Crippen LogP contribution in [0, 0.1) is 41.1 Å². The maximum absolute atomic E-state index is 13.9. The highest BCUT2D eigenvalue weighted by atomic mass is 19.2. The van der Waals surface area contributed by atoms with Gasteiger partial charge in [-0.25, -0.2) is 13.2 Å². The predicted molar refractivity (Wildman–Crippen MR) is 110 cm³/mol. The van der Waals surface area contributed by atoms with E-state index in [0.29, 0.717) is 12.2 Å². The summed E-state index contributed by atoms with van der Waals surface area (Å²) in [5.41, 5.74) is 0.402. The number of fused-ring (bicyclic) bond motifs is 1. The molecule has 3 aliphatic rings. The minimum Gasteiger partial charge on any atom is -0.431 e. The summed E-state index contributed by atoms with van der Waals surface area (Å²) in [4.78, 5) is 12.7. The van der Waals surface area contributed by atoms with Crippen molar-refractivity contribution in [3.8, 4) is 0 Å². The van der Waals surface area contributed by atoms with Crippen molar-refractivity contribution < 1.29 is 22.7 Å². The number of ether oxygens (including phenoxy) is 1. The third kappa shape index (κ3) is 4.45. The topological polar surface area (TPSA) is 26.3 Å². The summed E-state index contributed by atoms with van der Waals surface area (Å²) in [6, 6.07) is 0.971. The number of hydrogen-bond acceptors (Lipinski definition) is 2. The van der Waals surface area contributed by atoms with Gasteiger partial charge in [-0.15, -0.1) is 0 Å². The summed E-state index contributed by atoms with van der Waals surface area (Å²) in [5.74, 6) is -1.28. The van der Waals surface area contributed by atoms with E-state index >= 15 is 0 Å². The molecule has 0 unspecified atom stereocenters. The maximum atomic E-state index is 13.9. The monoisotopic (exact) mass is 420 g/mol. The lowest BCUT2D eigenvalue weighted by Gasteiger charge is -2.37. The van der Waals surface area contributed by atoms with Crippen LogP contribution in [0.1, 0.15) is 82.3 Å². The lowest BCUT2D eigenvalue weighted by atomic mass is 9.69. The van der Waals surface area contributed by atoms with Crippen molar-refractivity contribution in [3.63, 3.8) is 0 Å². The molecule has 3 aliphatic carbocycles. The molecule has 0 aliphatic heterocycles. The van der Waals surface area contributed by atoms with Crippen LogP contribution in [0.3, 0.4) is 0 Å². The lowest BCUT2D eigenvalue weighted by Crippen LogP contribution is -2.29. The van der Waals surface area contributed by atoms with Crippen LogP contribution in [0.2, 0.25) is 0 Å². The van der Waals surface area contributed by atoms with Gasteiger partial charge in [0.15, 0.2) is 17.5 Å². The Morgan fingerprint density at radius 3 is 2.20 bits per heavy atom. The standard InChI is InChI=1S/C25H31F3O2/c1-2-15-3-5-16(6-4-15)17-7-9-18(10-8-17)25(29)30-20-11-12-21-19(13-20)14-22(26)24(28)23(21)27/h13-18H,2-12H2,1H3. The third-order valence-electron chi connectivity index (χ3n) is 7.71. The van der Waals surface area contributed by atoms with Gasteiger partial charge in [0.25, 0.3) is 0 Å². The van der Waals surface area contributed by atoms with Crippen LogP contribution < -0.4 is 0 Å². The van der Waals surface area contributed by atoms with Gasteiger partial charge in [0.05, 0.1) is 5.92 Å². The number of esters is 1. The van der Waals surface area contributed by atoms with Gasteiger partial charge in [-0.1, -0.05) is 26.2 Å². The number of hydrogen-bond donors (Lipinski definition) is 0. The largest absolute Gasteiger partial charge is 0.431 e. The van der Waals surface area contributed by atoms with Gasteiger partial charge in [0.2, 0.25) is 0 Å². The number of rotatable bonds is 4. The molecule has 5 heteroatoms. The normalized spacial score (nSPS) is 29.1. The van der Waals surface area contributed by atoms with E-state index in [1.807, 2.05) is 0 Å². The van der Waals surface area contributed by atoms with Crippen LogP contribution in [-0.2, 0) is 16.0 Å². The molecule has 0 N–H and O–H groups in total. The second kappa shape index (κ2) is 9.15. The Labute approximate surface area is 176 Å². The van der Waals surface area contributed by atoms with E-state index in [4.69, 9.17) is 4.74 Å². The zero-order valence-corrected chi connectivity index (χ0v) is 17.7. The first-order chi connectivity index (χ1) is 14.5. The molecule has 4 rings (SSSR count). The minimum atomic E-state index is -1.44. The second-order valence-corrected chi connectivity index (χ2v) is 9.39. The quantitative estimate of drug-likeness (QED) is 0.389.